The number of likely N-dealkylation sites (N-methyl/N-ethyl adjacent to an activating group) is 1. The van der Waals surface area contributed by atoms with Crippen LogP contribution in [0, 0.1) is 0 Å². The Morgan fingerprint density at radius 2 is 2.22 bits per heavy atom. The minimum Gasteiger partial charge on any atom is -0.367 e. The summed E-state index contributed by atoms with van der Waals surface area (Å²) in [7, 11) is 2.00. The molecule has 5 heteroatoms. The summed E-state index contributed by atoms with van der Waals surface area (Å²) in [6.07, 6.45) is 5.59. The third-order valence-electron chi connectivity index (χ3n) is 4.34. The van der Waals surface area contributed by atoms with Gasteiger partial charge in [-0.2, -0.15) is 4.98 Å². The van der Waals surface area contributed by atoms with Gasteiger partial charge in [0.2, 0.25) is 11.7 Å². The van der Waals surface area contributed by atoms with E-state index < -0.39 is 0 Å². The van der Waals surface area contributed by atoms with Crippen molar-refractivity contribution in [2.75, 3.05) is 13.7 Å². The van der Waals surface area contributed by atoms with E-state index in [2.05, 4.69) is 22.4 Å². The van der Waals surface area contributed by atoms with Gasteiger partial charge in [0, 0.05) is 12.6 Å². The van der Waals surface area contributed by atoms with E-state index in [0.29, 0.717) is 12.0 Å². The number of ether oxygens (including phenoxy) is 1. The van der Waals surface area contributed by atoms with Gasteiger partial charge in [0.05, 0.1) is 5.92 Å². The number of rotatable bonds is 3. The summed E-state index contributed by atoms with van der Waals surface area (Å²) in [4.78, 5) is 4.60. The average Bonchev–Trinajstić information content (AvgIpc) is 3.08. The second-order valence-electron chi connectivity index (χ2n) is 5.57. The van der Waals surface area contributed by atoms with Crippen molar-refractivity contribution in [1.29, 1.82) is 0 Å². The molecule has 0 amide bonds. The quantitative estimate of drug-likeness (QED) is 0.889. The molecule has 5 nitrogen and oxygen atoms in total. The molecule has 0 spiro atoms. The Kier molecular flexibility index (Phi) is 3.11. The molecule has 1 aromatic heterocycles. The molecule has 2 heterocycles. The lowest BCUT2D eigenvalue weighted by atomic mass is 10.0. The van der Waals surface area contributed by atoms with E-state index in [9.17, 15) is 0 Å². The topological polar surface area (TPSA) is 60.2 Å². The molecular weight excluding hydrogens is 230 g/mol. The Balaban J connectivity index is 1.81. The number of aromatic nitrogens is 2. The predicted octanol–water partition coefficient (Wildman–Crippen LogP) is 1.95. The van der Waals surface area contributed by atoms with Crippen molar-refractivity contribution in [2.24, 2.45) is 0 Å². The van der Waals surface area contributed by atoms with Gasteiger partial charge in [-0.1, -0.05) is 11.6 Å². The van der Waals surface area contributed by atoms with Crippen molar-refractivity contribution in [3.63, 3.8) is 0 Å². The van der Waals surface area contributed by atoms with Crippen LogP contribution in [0.3, 0.4) is 0 Å². The van der Waals surface area contributed by atoms with Crippen LogP contribution in [0.1, 0.15) is 56.7 Å². The van der Waals surface area contributed by atoms with Crippen LogP contribution in [0.4, 0.5) is 0 Å². The van der Waals surface area contributed by atoms with E-state index in [0.717, 1.165) is 37.6 Å². The number of nitrogens with zero attached hydrogens (tertiary/aromatic N) is 2. The van der Waals surface area contributed by atoms with Crippen molar-refractivity contribution in [3.05, 3.63) is 11.7 Å². The molecule has 3 rings (SSSR count). The average molecular weight is 251 g/mol. The maximum atomic E-state index is 5.76. The van der Waals surface area contributed by atoms with Crippen molar-refractivity contribution >= 4 is 0 Å². The van der Waals surface area contributed by atoms with Gasteiger partial charge in [0.15, 0.2) is 0 Å². The first-order valence-electron chi connectivity index (χ1n) is 6.88. The van der Waals surface area contributed by atoms with Crippen LogP contribution in [0.5, 0.6) is 0 Å². The fourth-order valence-electron chi connectivity index (χ4n) is 3.16. The number of hydrogen-bond donors (Lipinski definition) is 1. The van der Waals surface area contributed by atoms with Gasteiger partial charge >= 0.3 is 0 Å². The van der Waals surface area contributed by atoms with Crippen LogP contribution in [-0.2, 0) is 10.3 Å². The molecule has 0 aromatic carbocycles. The van der Waals surface area contributed by atoms with E-state index in [1.165, 1.54) is 12.8 Å². The third-order valence-corrected chi connectivity index (χ3v) is 4.34. The molecule has 100 valence electrons. The van der Waals surface area contributed by atoms with E-state index >= 15 is 0 Å². The van der Waals surface area contributed by atoms with Crippen LogP contribution >= 0.6 is 0 Å². The number of hydrogen-bond acceptors (Lipinski definition) is 5. The van der Waals surface area contributed by atoms with Gasteiger partial charge in [0.1, 0.15) is 5.60 Å². The summed E-state index contributed by atoms with van der Waals surface area (Å²) < 4.78 is 11.2. The molecule has 0 bridgehead atoms. The lowest BCUT2D eigenvalue weighted by molar-refractivity contribution is 0.00768. The van der Waals surface area contributed by atoms with Gasteiger partial charge in [-0.3, -0.25) is 0 Å². The van der Waals surface area contributed by atoms with E-state index in [1.807, 2.05) is 7.05 Å². The lowest BCUT2D eigenvalue weighted by Crippen LogP contribution is -2.28. The maximum Gasteiger partial charge on any atom is 0.231 e. The second-order valence-corrected chi connectivity index (χ2v) is 5.57. The monoisotopic (exact) mass is 251 g/mol. The standard InChI is InChI=1S/C13H21N3O2/c1-13(7-4-8-17-13)12-15-11(18-16-12)9-5-3-6-10(9)14-2/h9-10,14H,3-8H2,1-2H3. The molecule has 3 unspecified atom stereocenters. The van der Waals surface area contributed by atoms with E-state index in [4.69, 9.17) is 9.26 Å². The molecule has 1 saturated carbocycles. The Morgan fingerprint density at radius 3 is 2.94 bits per heavy atom. The predicted molar refractivity (Wildman–Crippen MR) is 66.3 cm³/mol. The first-order valence-corrected chi connectivity index (χ1v) is 6.88. The molecule has 18 heavy (non-hydrogen) atoms. The molecule has 1 aliphatic heterocycles. The zero-order chi connectivity index (χ0) is 12.6. The van der Waals surface area contributed by atoms with Crippen molar-refractivity contribution < 1.29 is 9.26 Å². The van der Waals surface area contributed by atoms with Gasteiger partial charge in [-0.25, -0.2) is 0 Å². The van der Waals surface area contributed by atoms with Crippen LogP contribution in [0.15, 0.2) is 4.52 Å². The second kappa shape index (κ2) is 4.63. The molecule has 2 aliphatic rings. The molecule has 1 aliphatic carbocycles. The van der Waals surface area contributed by atoms with Crippen LogP contribution in [0.25, 0.3) is 0 Å². The largest absolute Gasteiger partial charge is 0.367 e. The van der Waals surface area contributed by atoms with Crippen LogP contribution in [0.2, 0.25) is 0 Å². The van der Waals surface area contributed by atoms with Gasteiger partial charge in [-0.05, 0) is 39.7 Å². The van der Waals surface area contributed by atoms with E-state index in [1.54, 1.807) is 0 Å². The summed E-state index contributed by atoms with van der Waals surface area (Å²) in [5.74, 6) is 1.86. The molecule has 0 radical (unpaired) electrons. The molecule has 2 fully saturated rings. The lowest BCUT2D eigenvalue weighted by Gasteiger charge is -2.18. The van der Waals surface area contributed by atoms with Crippen molar-refractivity contribution in [2.45, 2.75) is 56.6 Å². The zero-order valence-corrected chi connectivity index (χ0v) is 11.1. The fraction of sp³-hybridized carbons (Fsp3) is 0.846. The molecule has 3 atom stereocenters. The SMILES string of the molecule is CNC1CCCC1c1nc(C2(C)CCCO2)no1. The Labute approximate surface area is 107 Å². The Hall–Kier alpha value is -0.940. The summed E-state index contributed by atoms with van der Waals surface area (Å²) in [6, 6.07) is 0.468. The highest BCUT2D eigenvalue weighted by Gasteiger charge is 2.39. The summed E-state index contributed by atoms with van der Waals surface area (Å²) in [5.41, 5.74) is -0.338. The molecule has 1 saturated heterocycles. The fourth-order valence-corrected chi connectivity index (χ4v) is 3.16. The van der Waals surface area contributed by atoms with Crippen molar-refractivity contribution in [3.8, 4) is 0 Å². The smallest absolute Gasteiger partial charge is 0.231 e. The van der Waals surface area contributed by atoms with Crippen LogP contribution in [-0.4, -0.2) is 29.8 Å². The highest BCUT2D eigenvalue weighted by atomic mass is 16.5. The maximum absolute atomic E-state index is 5.76. The van der Waals surface area contributed by atoms with Crippen molar-refractivity contribution in [1.82, 2.24) is 15.5 Å². The molecule has 1 aromatic rings. The van der Waals surface area contributed by atoms with Gasteiger partial charge in [-0.15, -0.1) is 0 Å². The number of nitrogens with one attached hydrogen (secondary N) is 1. The zero-order valence-electron chi connectivity index (χ0n) is 11.1. The minimum absolute atomic E-state index is 0.338. The molecular formula is C13H21N3O2. The first-order chi connectivity index (χ1) is 8.73. The first kappa shape index (κ1) is 12.1. The normalized spacial score (nSPS) is 36.3. The van der Waals surface area contributed by atoms with E-state index in [-0.39, 0.29) is 5.60 Å². The Morgan fingerprint density at radius 1 is 1.33 bits per heavy atom. The van der Waals surface area contributed by atoms with Gasteiger partial charge in [0.25, 0.3) is 0 Å². The highest BCUT2D eigenvalue weighted by molar-refractivity contribution is 5.07. The Bertz CT molecular complexity index is 412. The third kappa shape index (κ3) is 1.95. The van der Waals surface area contributed by atoms with Crippen LogP contribution < -0.4 is 5.32 Å². The minimum atomic E-state index is -0.338. The summed E-state index contributed by atoms with van der Waals surface area (Å²) in [6.45, 7) is 2.85. The molecule has 1 N–H and O–H groups in total. The van der Waals surface area contributed by atoms with Gasteiger partial charge < -0.3 is 14.6 Å². The summed E-state index contributed by atoms with van der Waals surface area (Å²) in [5, 5.41) is 7.49. The summed E-state index contributed by atoms with van der Waals surface area (Å²) >= 11 is 0. The highest BCUT2D eigenvalue weighted by Crippen LogP contribution is 2.37.